The van der Waals surface area contributed by atoms with Crippen LogP contribution in [0.25, 0.3) is 0 Å². The van der Waals surface area contributed by atoms with E-state index in [0.717, 1.165) is 23.1 Å². The van der Waals surface area contributed by atoms with Crippen molar-refractivity contribution in [3.63, 3.8) is 0 Å². The smallest absolute Gasteiger partial charge is 0.252 e. The van der Waals surface area contributed by atoms with E-state index in [1.165, 1.54) is 0 Å². The van der Waals surface area contributed by atoms with E-state index >= 15 is 0 Å². The van der Waals surface area contributed by atoms with E-state index in [9.17, 15) is 9.59 Å². The highest BCUT2D eigenvalue weighted by Gasteiger charge is 2.28. The number of amides is 2. The van der Waals surface area contributed by atoms with Crippen LogP contribution in [0, 0.1) is 6.92 Å². The van der Waals surface area contributed by atoms with Crippen molar-refractivity contribution in [1.82, 2.24) is 25.4 Å². The Morgan fingerprint density at radius 3 is 3.00 bits per heavy atom. The molecule has 0 saturated carbocycles. The molecule has 0 saturated heterocycles. The molecule has 2 N–H and O–H groups in total. The van der Waals surface area contributed by atoms with Crippen LogP contribution in [-0.4, -0.2) is 44.9 Å². The molecule has 1 aliphatic rings. The van der Waals surface area contributed by atoms with Gasteiger partial charge < -0.3 is 15.2 Å². The largest absolute Gasteiger partial charge is 0.353 e. The molecule has 2 amide bonds. The molecule has 1 aromatic heterocycles. The molecular formula is C17H21N5O2S. The zero-order valence-corrected chi connectivity index (χ0v) is 15.1. The van der Waals surface area contributed by atoms with Gasteiger partial charge in [0.1, 0.15) is 11.9 Å². The van der Waals surface area contributed by atoms with Gasteiger partial charge in [-0.15, -0.1) is 10.2 Å². The lowest BCUT2D eigenvalue weighted by molar-refractivity contribution is -0.122. The van der Waals surface area contributed by atoms with Gasteiger partial charge in [0.05, 0.1) is 0 Å². The minimum atomic E-state index is -0.520. The van der Waals surface area contributed by atoms with Crippen LogP contribution in [0.5, 0.6) is 0 Å². The maximum atomic E-state index is 12.3. The minimum Gasteiger partial charge on any atom is -0.353 e. The van der Waals surface area contributed by atoms with Crippen molar-refractivity contribution in [1.29, 1.82) is 0 Å². The van der Waals surface area contributed by atoms with Crippen molar-refractivity contribution >= 4 is 23.6 Å². The van der Waals surface area contributed by atoms with Crippen LogP contribution in [0.1, 0.15) is 28.7 Å². The van der Waals surface area contributed by atoms with E-state index in [1.807, 2.05) is 36.6 Å². The van der Waals surface area contributed by atoms with Gasteiger partial charge in [0.15, 0.2) is 5.16 Å². The Bertz CT molecular complexity index is 789. The molecule has 2 aromatic rings. The Morgan fingerprint density at radius 2 is 2.20 bits per heavy atom. The summed E-state index contributed by atoms with van der Waals surface area (Å²) in [5.41, 5.74) is 1.56. The molecule has 25 heavy (non-hydrogen) atoms. The van der Waals surface area contributed by atoms with Gasteiger partial charge >= 0.3 is 0 Å². The molecule has 0 aliphatic carbocycles. The quantitative estimate of drug-likeness (QED) is 0.597. The second-order valence-electron chi connectivity index (χ2n) is 5.80. The summed E-state index contributed by atoms with van der Waals surface area (Å²) < 4.78 is 2.03. The van der Waals surface area contributed by atoms with Crippen molar-refractivity contribution in [2.24, 2.45) is 0 Å². The van der Waals surface area contributed by atoms with Gasteiger partial charge in [-0.2, -0.15) is 0 Å². The van der Waals surface area contributed by atoms with Crippen molar-refractivity contribution in [2.45, 2.75) is 38.0 Å². The number of carbonyl (C=O) groups is 2. The van der Waals surface area contributed by atoms with Gasteiger partial charge in [0.25, 0.3) is 5.91 Å². The minimum absolute atomic E-state index is 0.156. The molecular weight excluding hydrogens is 338 g/mol. The zero-order valence-electron chi connectivity index (χ0n) is 14.3. The number of nitrogens with zero attached hydrogens (tertiary/aromatic N) is 3. The summed E-state index contributed by atoms with van der Waals surface area (Å²) in [7, 11) is 0. The first-order chi connectivity index (χ1) is 12.1. The van der Waals surface area contributed by atoms with E-state index in [4.69, 9.17) is 0 Å². The van der Waals surface area contributed by atoms with Gasteiger partial charge in [0.2, 0.25) is 5.91 Å². The molecule has 0 unspecified atom stereocenters. The lowest BCUT2D eigenvalue weighted by Gasteiger charge is -2.24. The number of thioether (sulfide) groups is 1. The standard InChI is InChI=1S/C17H21N5O2S/c1-3-22-11(2)20-21-17(22)25-9-8-18-16(24)14-10-12-6-4-5-7-13(12)15(23)19-14/h4-7,14H,3,8-10H2,1-2H3,(H,18,24)(H,19,23)/t14-/m1/s1. The summed E-state index contributed by atoms with van der Waals surface area (Å²) in [6, 6.07) is 6.86. The third-order valence-corrected chi connectivity index (χ3v) is 5.13. The zero-order chi connectivity index (χ0) is 17.8. The third-order valence-electron chi connectivity index (χ3n) is 4.16. The molecule has 0 radical (unpaired) electrons. The van der Waals surface area contributed by atoms with Gasteiger partial charge in [0, 0.05) is 30.8 Å². The maximum Gasteiger partial charge on any atom is 0.252 e. The van der Waals surface area contributed by atoms with Crippen LogP contribution < -0.4 is 10.6 Å². The fraction of sp³-hybridized carbons (Fsp3) is 0.412. The lowest BCUT2D eigenvalue weighted by atomic mass is 9.95. The molecule has 8 heteroatoms. The SMILES string of the molecule is CCn1c(C)nnc1SCCNC(=O)[C@H]1Cc2ccccc2C(=O)N1. The number of hydrogen-bond acceptors (Lipinski definition) is 5. The summed E-state index contributed by atoms with van der Waals surface area (Å²) in [4.78, 5) is 24.4. The number of nitrogens with one attached hydrogen (secondary N) is 2. The van der Waals surface area contributed by atoms with Crippen molar-refractivity contribution in [3.05, 3.63) is 41.2 Å². The van der Waals surface area contributed by atoms with Gasteiger partial charge in [-0.3, -0.25) is 9.59 Å². The van der Waals surface area contributed by atoms with E-state index in [-0.39, 0.29) is 11.8 Å². The number of hydrogen-bond donors (Lipinski definition) is 2. The Kier molecular flexibility index (Phi) is 5.37. The molecule has 1 aromatic carbocycles. The average molecular weight is 359 g/mol. The summed E-state index contributed by atoms with van der Waals surface area (Å²) in [6.45, 7) is 5.30. The van der Waals surface area contributed by atoms with Crippen LogP contribution in [0.2, 0.25) is 0 Å². The lowest BCUT2D eigenvalue weighted by Crippen LogP contribution is -2.51. The molecule has 0 bridgehead atoms. The summed E-state index contributed by atoms with van der Waals surface area (Å²) >= 11 is 1.56. The fourth-order valence-corrected chi connectivity index (χ4v) is 3.76. The number of benzene rings is 1. The molecule has 3 rings (SSSR count). The predicted octanol–water partition coefficient (Wildman–Crippen LogP) is 1.17. The van der Waals surface area contributed by atoms with E-state index in [0.29, 0.717) is 24.3 Å². The number of aryl methyl sites for hydroxylation is 1. The first-order valence-electron chi connectivity index (χ1n) is 8.29. The molecule has 132 valence electrons. The number of rotatable bonds is 6. The number of carbonyl (C=O) groups excluding carboxylic acids is 2. The predicted molar refractivity (Wildman–Crippen MR) is 95.6 cm³/mol. The summed E-state index contributed by atoms with van der Waals surface area (Å²) in [5, 5.41) is 14.7. The Balaban J connectivity index is 1.49. The summed E-state index contributed by atoms with van der Waals surface area (Å²) in [5.74, 6) is 1.23. The van der Waals surface area contributed by atoms with Crippen molar-refractivity contribution < 1.29 is 9.59 Å². The van der Waals surface area contributed by atoms with Gasteiger partial charge in [-0.1, -0.05) is 30.0 Å². The van der Waals surface area contributed by atoms with Crippen molar-refractivity contribution in [2.75, 3.05) is 12.3 Å². The topological polar surface area (TPSA) is 88.9 Å². The number of fused-ring (bicyclic) bond motifs is 1. The van der Waals surface area contributed by atoms with Crippen molar-refractivity contribution in [3.8, 4) is 0 Å². The molecule has 7 nitrogen and oxygen atoms in total. The fourth-order valence-electron chi connectivity index (χ4n) is 2.86. The molecule has 2 heterocycles. The van der Waals surface area contributed by atoms with Crippen LogP contribution in [0.3, 0.4) is 0 Å². The molecule has 0 fully saturated rings. The van der Waals surface area contributed by atoms with E-state index in [1.54, 1.807) is 17.8 Å². The molecule has 0 spiro atoms. The number of aromatic nitrogens is 3. The van der Waals surface area contributed by atoms with E-state index < -0.39 is 6.04 Å². The van der Waals surface area contributed by atoms with Crippen LogP contribution >= 0.6 is 11.8 Å². The Hall–Kier alpha value is -2.35. The van der Waals surface area contributed by atoms with Gasteiger partial charge in [-0.05, 0) is 25.5 Å². The molecule has 1 aliphatic heterocycles. The second kappa shape index (κ2) is 7.69. The first kappa shape index (κ1) is 17.5. The highest BCUT2D eigenvalue weighted by atomic mass is 32.2. The van der Waals surface area contributed by atoms with Gasteiger partial charge in [-0.25, -0.2) is 0 Å². The van der Waals surface area contributed by atoms with Crippen LogP contribution in [-0.2, 0) is 17.8 Å². The van der Waals surface area contributed by atoms with Crippen LogP contribution in [0.4, 0.5) is 0 Å². The Morgan fingerprint density at radius 1 is 1.40 bits per heavy atom. The molecule has 1 atom stereocenters. The average Bonchev–Trinajstić information content (AvgIpc) is 2.98. The maximum absolute atomic E-state index is 12.3. The Labute approximate surface area is 150 Å². The third kappa shape index (κ3) is 3.84. The summed E-state index contributed by atoms with van der Waals surface area (Å²) in [6.07, 6.45) is 0.518. The van der Waals surface area contributed by atoms with E-state index in [2.05, 4.69) is 20.8 Å². The monoisotopic (exact) mass is 359 g/mol. The second-order valence-corrected chi connectivity index (χ2v) is 6.86. The normalized spacial score (nSPS) is 16.2. The highest BCUT2D eigenvalue weighted by molar-refractivity contribution is 7.99. The van der Waals surface area contributed by atoms with Crippen LogP contribution in [0.15, 0.2) is 29.4 Å². The first-order valence-corrected chi connectivity index (χ1v) is 9.27. The highest BCUT2D eigenvalue weighted by Crippen LogP contribution is 2.17.